The average molecular weight is 391 g/mol. The Hall–Kier alpha value is -1.88. The number of aromatic nitrogens is 2. The lowest BCUT2D eigenvalue weighted by molar-refractivity contribution is 0.303. The maximum absolute atomic E-state index is 14.5. The number of unbranched alkanes of at least 4 members (excludes halogenated alkanes) is 3. The molecule has 1 N–H and O–H groups in total. The molecule has 0 radical (unpaired) electrons. The van der Waals surface area contributed by atoms with E-state index in [0.29, 0.717) is 23.6 Å². The summed E-state index contributed by atoms with van der Waals surface area (Å²) in [5.74, 6) is 0.243. The quantitative estimate of drug-likeness (QED) is 0.495. The largest absolute Gasteiger partial charge is 0.493 e. The highest BCUT2D eigenvalue weighted by molar-refractivity contribution is 9.10. The fraction of sp³-hybridized carbons (Fsp3) is 0.316. The summed E-state index contributed by atoms with van der Waals surface area (Å²) in [5.41, 5.74) is 1.96. The van der Waals surface area contributed by atoms with Crippen molar-refractivity contribution in [2.45, 2.75) is 32.6 Å². The molecule has 0 aliphatic rings. The smallest absolute Gasteiger partial charge is 0.136 e. The van der Waals surface area contributed by atoms with Gasteiger partial charge in [0.1, 0.15) is 17.3 Å². The fourth-order valence-electron chi connectivity index (χ4n) is 2.69. The van der Waals surface area contributed by atoms with E-state index in [0.717, 1.165) is 28.2 Å². The number of benzene rings is 2. The molecule has 0 aliphatic carbocycles. The first-order valence-electron chi connectivity index (χ1n) is 8.25. The Balaban J connectivity index is 1.76. The second-order valence-corrected chi connectivity index (χ2v) is 6.73. The summed E-state index contributed by atoms with van der Waals surface area (Å²) in [5, 5.41) is 8.11. The van der Waals surface area contributed by atoms with Crippen LogP contribution in [0.5, 0.6) is 5.75 Å². The van der Waals surface area contributed by atoms with Gasteiger partial charge in [0.25, 0.3) is 0 Å². The first kappa shape index (κ1) is 17.0. The lowest BCUT2D eigenvalue weighted by Gasteiger charge is -2.08. The number of nitrogens with one attached hydrogen (secondary N) is 1. The molecule has 2 aromatic carbocycles. The molecule has 0 unspecified atom stereocenters. The van der Waals surface area contributed by atoms with Crippen molar-refractivity contribution >= 4 is 26.8 Å². The normalized spacial score (nSPS) is 11.1. The topological polar surface area (TPSA) is 37.9 Å². The van der Waals surface area contributed by atoms with E-state index < -0.39 is 0 Å². The summed E-state index contributed by atoms with van der Waals surface area (Å²) in [6.45, 7) is 2.80. The monoisotopic (exact) mass is 390 g/mol. The fourth-order valence-corrected chi connectivity index (χ4v) is 3.05. The van der Waals surface area contributed by atoms with Crippen LogP contribution in [0.25, 0.3) is 22.2 Å². The van der Waals surface area contributed by atoms with Crippen LogP contribution >= 0.6 is 15.9 Å². The molecule has 3 aromatic rings. The van der Waals surface area contributed by atoms with E-state index in [4.69, 9.17) is 4.74 Å². The number of halogens is 2. The Labute approximate surface area is 149 Å². The summed E-state index contributed by atoms with van der Waals surface area (Å²) in [4.78, 5) is 0. The van der Waals surface area contributed by atoms with Gasteiger partial charge in [-0.25, -0.2) is 4.39 Å². The molecule has 0 bridgehead atoms. The number of aromatic amines is 1. The lowest BCUT2D eigenvalue weighted by Crippen LogP contribution is -1.98. The summed E-state index contributed by atoms with van der Waals surface area (Å²) in [6.07, 6.45) is 4.54. The Bertz CT molecular complexity index is 831. The minimum atomic E-state index is -0.322. The molecule has 24 heavy (non-hydrogen) atoms. The maximum Gasteiger partial charge on any atom is 0.136 e. The van der Waals surface area contributed by atoms with Gasteiger partial charge in [-0.15, -0.1) is 0 Å². The molecule has 1 aromatic heterocycles. The first-order chi connectivity index (χ1) is 11.7. The summed E-state index contributed by atoms with van der Waals surface area (Å²) >= 11 is 3.42. The second-order valence-electron chi connectivity index (χ2n) is 5.81. The van der Waals surface area contributed by atoms with Crippen molar-refractivity contribution in [3.05, 3.63) is 46.7 Å². The first-order valence-corrected chi connectivity index (χ1v) is 9.04. The van der Waals surface area contributed by atoms with E-state index in [1.165, 1.54) is 18.9 Å². The zero-order valence-corrected chi connectivity index (χ0v) is 15.2. The molecule has 0 spiro atoms. The minimum Gasteiger partial charge on any atom is -0.493 e. The van der Waals surface area contributed by atoms with Crippen LogP contribution in [0.4, 0.5) is 4.39 Å². The number of nitrogens with zero attached hydrogens (tertiary/aromatic N) is 1. The standard InChI is InChI=1S/C19H20BrFN2O/c1-2-3-4-5-10-24-14-7-9-15(17(21)12-14)19-16-8-6-13(20)11-18(16)22-23-19/h6-9,11-12H,2-5,10H2,1H3,(H,22,23). The van der Waals surface area contributed by atoms with E-state index in [-0.39, 0.29) is 5.82 Å². The van der Waals surface area contributed by atoms with E-state index in [2.05, 4.69) is 33.1 Å². The van der Waals surface area contributed by atoms with Gasteiger partial charge in [0.2, 0.25) is 0 Å². The van der Waals surface area contributed by atoms with Crippen LogP contribution in [0, 0.1) is 5.82 Å². The lowest BCUT2D eigenvalue weighted by atomic mass is 10.1. The molecule has 0 aliphatic heterocycles. The number of fused-ring (bicyclic) bond motifs is 1. The van der Waals surface area contributed by atoms with Crippen molar-refractivity contribution in [2.24, 2.45) is 0 Å². The zero-order chi connectivity index (χ0) is 16.9. The van der Waals surface area contributed by atoms with Crippen LogP contribution < -0.4 is 4.74 Å². The molecule has 5 heteroatoms. The Morgan fingerprint density at radius 3 is 2.79 bits per heavy atom. The highest BCUT2D eigenvalue weighted by atomic mass is 79.9. The van der Waals surface area contributed by atoms with Gasteiger partial charge in [0, 0.05) is 21.5 Å². The van der Waals surface area contributed by atoms with E-state index >= 15 is 0 Å². The third-order valence-corrected chi connectivity index (χ3v) is 4.48. The van der Waals surface area contributed by atoms with Crippen molar-refractivity contribution in [3.8, 4) is 17.0 Å². The molecular formula is C19H20BrFN2O. The molecule has 0 atom stereocenters. The van der Waals surface area contributed by atoms with Gasteiger partial charge in [0.15, 0.2) is 0 Å². The van der Waals surface area contributed by atoms with Crippen LogP contribution in [0.2, 0.25) is 0 Å². The van der Waals surface area contributed by atoms with Crippen molar-refractivity contribution in [1.29, 1.82) is 0 Å². The van der Waals surface area contributed by atoms with E-state index in [9.17, 15) is 4.39 Å². The van der Waals surface area contributed by atoms with E-state index in [1.54, 1.807) is 12.1 Å². The van der Waals surface area contributed by atoms with Crippen LogP contribution in [0.3, 0.4) is 0 Å². The number of H-pyrrole nitrogens is 1. The Morgan fingerprint density at radius 2 is 2.00 bits per heavy atom. The molecule has 3 rings (SSSR count). The Kier molecular flexibility index (Phi) is 5.51. The van der Waals surface area contributed by atoms with Crippen molar-refractivity contribution in [2.75, 3.05) is 6.61 Å². The molecule has 0 fully saturated rings. The van der Waals surface area contributed by atoms with Crippen molar-refractivity contribution in [1.82, 2.24) is 10.2 Å². The second kappa shape index (κ2) is 7.79. The predicted molar refractivity (Wildman–Crippen MR) is 98.8 cm³/mol. The molecule has 0 saturated heterocycles. The molecule has 0 saturated carbocycles. The van der Waals surface area contributed by atoms with Gasteiger partial charge in [-0.05, 0) is 36.8 Å². The molecule has 126 valence electrons. The SMILES string of the molecule is CCCCCCOc1ccc(-c2n[nH]c3cc(Br)ccc23)c(F)c1. The molecule has 3 nitrogen and oxygen atoms in total. The number of hydrogen-bond donors (Lipinski definition) is 1. The van der Waals surface area contributed by atoms with Crippen molar-refractivity contribution < 1.29 is 9.13 Å². The van der Waals surface area contributed by atoms with Crippen molar-refractivity contribution in [3.63, 3.8) is 0 Å². The highest BCUT2D eigenvalue weighted by Crippen LogP contribution is 2.31. The number of hydrogen-bond acceptors (Lipinski definition) is 2. The van der Waals surface area contributed by atoms with Crippen LogP contribution in [-0.4, -0.2) is 16.8 Å². The average Bonchev–Trinajstić information content (AvgIpc) is 2.97. The summed E-state index contributed by atoms with van der Waals surface area (Å²) in [7, 11) is 0. The van der Waals surface area contributed by atoms with Gasteiger partial charge in [-0.1, -0.05) is 42.1 Å². The minimum absolute atomic E-state index is 0.322. The van der Waals surface area contributed by atoms with Gasteiger partial charge in [-0.3, -0.25) is 5.10 Å². The van der Waals surface area contributed by atoms with Gasteiger partial charge in [0.05, 0.1) is 12.1 Å². The van der Waals surface area contributed by atoms with Crippen LogP contribution in [0.15, 0.2) is 40.9 Å². The molecule has 1 heterocycles. The molecular weight excluding hydrogens is 371 g/mol. The summed E-state index contributed by atoms with van der Waals surface area (Å²) in [6, 6.07) is 10.8. The third kappa shape index (κ3) is 3.78. The zero-order valence-electron chi connectivity index (χ0n) is 13.6. The van der Waals surface area contributed by atoms with E-state index in [1.807, 2.05) is 18.2 Å². The third-order valence-electron chi connectivity index (χ3n) is 3.99. The van der Waals surface area contributed by atoms with Crippen LogP contribution in [0.1, 0.15) is 32.6 Å². The van der Waals surface area contributed by atoms with Crippen LogP contribution in [-0.2, 0) is 0 Å². The molecule has 0 amide bonds. The predicted octanol–water partition coefficient (Wildman–Crippen LogP) is 6.09. The highest BCUT2D eigenvalue weighted by Gasteiger charge is 2.13. The van der Waals surface area contributed by atoms with Gasteiger partial charge < -0.3 is 4.74 Å². The number of ether oxygens (including phenoxy) is 1. The van der Waals surface area contributed by atoms with Gasteiger partial charge >= 0.3 is 0 Å². The summed E-state index contributed by atoms with van der Waals surface area (Å²) < 4.78 is 21.1. The number of rotatable bonds is 7. The van der Waals surface area contributed by atoms with Gasteiger partial charge in [-0.2, -0.15) is 5.10 Å². The maximum atomic E-state index is 14.5. The Morgan fingerprint density at radius 1 is 1.12 bits per heavy atom.